The van der Waals surface area contributed by atoms with Crippen molar-refractivity contribution in [3.8, 4) is 0 Å². The number of aliphatic hydroxyl groups is 1. The Morgan fingerprint density at radius 3 is 2.44 bits per heavy atom. The van der Waals surface area contributed by atoms with Gasteiger partial charge < -0.3 is 16.2 Å². The highest BCUT2D eigenvalue weighted by atomic mass is 16.3. The Morgan fingerprint density at radius 1 is 1.33 bits per heavy atom. The number of ketones is 1. The zero-order valence-corrected chi connectivity index (χ0v) is 10.3. The standard InChI is InChI=1S/C13H18N2O3/c1-9(17)12(8-16)15-13(18)11(14)7-10-5-3-2-4-6-10/h2-6,11-12,16H,7-8,14H2,1H3,(H,15,18). The van der Waals surface area contributed by atoms with Gasteiger partial charge in [0.05, 0.1) is 12.6 Å². The van der Waals surface area contributed by atoms with Crippen molar-refractivity contribution in [2.45, 2.75) is 25.4 Å². The predicted molar refractivity (Wildman–Crippen MR) is 67.8 cm³/mol. The lowest BCUT2D eigenvalue weighted by Gasteiger charge is -2.17. The predicted octanol–water partition coefficient (Wildman–Crippen LogP) is -0.377. The normalized spacial score (nSPS) is 13.7. The van der Waals surface area contributed by atoms with Gasteiger partial charge in [0.25, 0.3) is 0 Å². The molecule has 1 aromatic rings. The van der Waals surface area contributed by atoms with Gasteiger partial charge in [-0.05, 0) is 18.9 Å². The van der Waals surface area contributed by atoms with Gasteiger partial charge in [0, 0.05) is 0 Å². The lowest BCUT2D eigenvalue weighted by molar-refractivity contribution is -0.128. The van der Waals surface area contributed by atoms with Gasteiger partial charge in [0.15, 0.2) is 5.78 Å². The van der Waals surface area contributed by atoms with E-state index in [1.54, 1.807) is 0 Å². The molecule has 0 heterocycles. The summed E-state index contributed by atoms with van der Waals surface area (Å²) in [6.07, 6.45) is 0.392. The van der Waals surface area contributed by atoms with Gasteiger partial charge in [0.1, 0.15) is 6.04 Å². The smallest absolute Gasteiger partial charge is 0.237 e. The van der Waals surface area contributed by atoms with Crippen LogP contribution in [0.4, 0.5) is 0 Å². The highest BCUT2D eigenvalue weighted by Gasteiger charge is 2.20. The number of amides is 1. The van der Waals surface area contributed by atoms with E-state index in [9.17, 15) is 9.59 Å². The zero-order valence-electron chi connectivity index (χ0n) is 10.3. The summed E-state index contributed by atoms with van der Waals surface area (Å²) in [7, 11) is 0. The molecular weight excluding hydrogens is 232 g/mol. The molecule has 2 unspecified atom stereocenters. The minimum absolute atomic E-state index is 0.294. The largest absolute Gasteiger partial charge is 0.394 e. The quantitative estimate of drug-likeness (QED) is 0.642. The SMILES string of the molecule is CC(=O)C(CO)NC(=O)C(N)Cc1ccccc1. The van der Waals surface area contributed by atoms with Gasteiger partial charge in [0.2, 0.25) is 5.91 Å². The van der Waals surface area contributed by atoms with Crippen LogP contribution in [0.2, 0.25) is 0 Å². The minimum atomic E-state index is -0.876. The first-order chi connectivity index (χ1) is 8.54. The molecule has 0 spiro atoms. The number of benzene rings is 1. The summed E-state index contributed by atoms with van der Waals surface area (Å²) in [6.45, 7) is 0.892. The number of nitrogens with one attached hydrogen (secondary N) is 1. The van der Waals surface area contributed by atoms with Crippen molar-refractivity contribution in [2.75, 3.05) is 6.61 Å². The summed E-state index contributed by atoms with van der Waals surface area (Å²) in [6, 6.07) is 7.76. The van der Waals surface area contributed by atoms with E-state index in [2.05, 4.69) is 5.32 Å². The molecule has 1 rings (SSSR count). The lowest BCUT2D eigenvalue weighted by atomic mass is 10.1. The monoisotopic (exact) mass is 250 g/mol. The molecule has 1 amide bonds. The molecule has 4 N–H and O–H groups in total. The number of hydrogen-bond donors (Lipinski definition) is 3. The summed E-state index contributed by atoms with van der Waals surface area (Å²) in [4.78, 5) is 22.8. The van der Waals surface area contributed by atoms with Gasteiger partial charge in [-0.25, -0.2) is 0 Å². The second kappa shape index (κ2) is 6.88. The Labute approximate surface area is 106 Å². The van der Waals surface area contributed by atoms with E-state index in [1.807, 2.05) is 30.3 Å². The van der Waals surface area contributed by atoms with E-state index in [4.69, 9.17) is 10.8 Å². The Morgan fingerprint density at radius 2 is 1.94 bits per heavy atom. The fourth-order valence-corrected chi connectivity index (χ4v) is 1.52. The third-order valence-electron chi connectivity index (χ3n) is 2.62. The minimum Gasteiger partial charge on any atom is -0.394 e. The maximum atomic E-state index is 11.7. The van der Waals surface area contributed by atoms with Gasteiger partial charge >= 0.3 is 0 Å². The maximum Gasteiger partial charge on any atom is 0.237 e. The third kappa shape index (κ3) is 4.27. The number of Topliss-reactive ketones (excluding diaryl/α,β-unsaturated/α-hetero) is 1. The molecule has 0 aliphatic heterocycles. The van der Waals surface area contributed by atoms with E-state index in [1.165, 1.54) is 6.92 Å². The number of carbonyl (C=O) groups excluding carboxylic acids is 2. The molecule has 0 saturated carbocycles. The van der Waals surface area contributed by atoms with Crippen LogP contribution < -0.4 is 11.1 Å². The average Bonchev–Trinajstić information content (AvgIpc) is 2.36. The number of rotatable bonds is 6. The van der Waals surface area contributed by atoms with Gasteiger partial charge in [-0.15, -0.1) is 0 Å². The highest BCUT2D eigenvalue weighted by Crippen LogP contribution is 2.02. The van der Waals surface area contributed by atoms with Crippen LogP contribution in [0.5, 0.6) is 0 Å². The average molecular weight is 250 g/mol. The van der Waals surface area contributed by atoms with Crippen molar-refractivity contribution in [3.63, 3.8) is 0 Å². The summed E-state index contributed by atoms with van der Waals surface area (Å²) in [5.74, 6) is -0.731. The van der Waals surface area contributed by atoms with Crippen molar-refractivity contribution in [2.24, 2.45) is 5.73 Å². The van der Waals surface area contributed by atoms with E-state index < -0.39 is 24.6 Å². The Hall–Kier alpha value is -1.72. The molecule has 98 valence electrons. The van der Waals surface area contributed by atoms with Crippen LogP contribution >= 0.6 is 0 Å². The Kier molecular flexibility index (Phi) is 5.48. The topological polar surface area (TPSA) is 92.4 Å². The van der Waals surface area contributed by atoms with E-state index >= 15 is 0 Å². The molecule has 18 heavy (non-hydrogen) atoms. The van der Waals surface area contributed by atoms with Crippen LogP contribution in [0.25, 0.3) is 0 Å². The molecular formula is C13H18N2O3. The molecule has 5 nitrogen and oxygen atoms in total. The highest BCUT2D eigenvalue weighted by molar-refractivity contribution is 5.89. The van der Waals surface area contributed by atoms with E-state index in [0.29, 0.717) is 6.42 Å². The van der Waals surface area contributed by atoms with E-state index in [0.717, 1.165) is 5.56 Å². The number of aliphatic hydroxyl groups excluding tert-OH is 1. The molecule has 1 aromatic carbocycles. The van der Waals surface area contributed by atoms with Crippen LogP contribution in [-0.2, 0) is 16.0 Å². The number of hydrogen-bond acceptors (Lipinski definition) is 4. The molecule has 0 radical (unpaired) electrons. The molecule has 5 heteroatoms. The molecule has 0 fully saturated rings. The molecule has 0 aliphatic rings. The zero-order chi connectivity index (χ0) is 13.5. The van der Waals surface area contributed by atoms with Crippen molar-refractivity contribution >= 4 is 11.7 Å². The van der Waals surface area contributed by atoms with Crippen LogP contribution in [-0.4, -0.2) is 35.5 Å². The Balaban J connectivity index is 2.54. The van der Waals surface area contributed by atoms with Gasteiger partial charge in [-0.1, -0.05) is 30.3 Å². The molecule has 0 aromatic heterocycles. The van der Waals surface area contributed by atoms with Crippen molar-refractivity contribution in [1.82, 2.24) is 5.32 Å². The molecule has 0 aliphatic carbocycles. The summed E-state index contributed by atoms with van der Waals surface area (Å²) in [5, 5.41) is 11.4. The molecule has 0 saturated heterocycles. The third-order valence-corrected chi connectivity index (χ3v) is 2.62. The fourth-order valence-electron chi connectivity index (χ4n) is 1.52. The summed E-state index contributed by atoms with van der Waals surface area (Å²) in [5.41, 5.74) is 6.70. The number of carbonyl (C=O) groups is 2. The first-order valence-corrected chi connectivity index (χ1v) is 5.75. The first-order valence-electron chi connectivity index (χ1n) is 5.75. The van der Waals surface area contributed by atoms with Crippen LogP contribution in [0.15, 0.2) is 30.3 Å². The van der Waals surface area contributed by atoms with Crippen molar-refractivity contribution in [3.05, 3.63) is 35.9 Å². The summed E-state index contributed by atoms with van der Waals surface area (Å²) < 4.78 is 0. The lowest BCUT2D eigenvalue weighted by Crippen LogP contribution is -2.50. The molecule has 0 bridgehead atoms. The molecule has 2 atom stereocenters. The second-order valence-corrected chi connectivity index (χ2v) is 4.15. The number of nitrogens with two attached hydrogens (primary N) is 1. The van der Waals surface area contributed by atoms with Crippen LogP contribution in [0, 0.1) is 0 Å². The van der Waals surface area contributed by atoms with Gasteiger partial charge in [-0.3, -0.25) is 9.59 Å². The summed E-state index contributed by atoms with van der Waals surface area (Å²) >= 11 is 0. The van der Waals surface area contributed by atoms with Crippen molar-refractivity contribution < 1.29 is 14.7 Å². The van der Waals surface area contributed by atoms with Crippen LogP contribution in [0.3, 0.4) is 0 Å². The first kappa shape index (κ1) is 14.3. The van der Waals surface area contributed by atoms with Crippen LogP contribution in [0.1, 0.15) is 12.5 Å². The Bertz CT molecular complexity index is 406. The fraction of sp³-hybridized carbons (Fsp3) is 0.385. The van der Waals surface area contributed by atoms with Crippen molar-refractivity contribution in [1.29, 1.82) is 0 Å². The second-order valence-electron chi connectivity index (χ2n) is 4.15. The van der Waals surface area contributed by atoms with E-state index in [-0.39, 0.29) is 5.78 Å². The van der Waals surface area contributed by atoms with Gasteiger partial charge in [-0.2, -0.15) is 0 Å². The maximum absolute atomic E-state index is 11.7.